The van der Waals surface area contributed by atoms with Crippen molar-refractivity contribution >= 4 is 11.7 Å². The molecule has 1 heterocycles. The smallest absolute Gasteiger partial charge is 0.345 e. The van der Waals surface area contributed by atoms with Crippen molar-refractivity contribution in [2.75, 3.05) is 21.0 Å². The fourth-order valence-electron chi connectivity index (χ4n) is 2.44. The van der Waals surface area contributed by atoms with Crippen LogP contribution in [0.15, 0.2) is 30.3 Å². The van der Waals surface area contributed by atoms with Gasteiger partial charge in [-0.05, 0) is 17.7 Å². The molecule has 26 heavy (non-hydrogen) atoms. The minimum absolute atomic E-state index is 0.0824. The molecule has 0 saturated carbocycles. The van der Waals surface area contributed by atoms with E-state index in [1.165, 1.54) is 20.3 Å². The zero-order valence-electron chi connectivity index (χ0n) is 14.0. The molecule has 2 aromatic rings. The summed E-state index contributed by atoms with van der Waals surface area (Å²) in [5.74, 6) is 0.640. The summed E-state index contributed by atoms with van der Waals surface area (Å²) in [7, 11) is 2.71. The van der Waals surface area contributed by atoms with Crippen molar-refractivity contribution in [3.05, 3.63) is 51.6 Å². The Labute approximate surface area is 148 Å². The van der Waals surface area contributed by atoms with Gasteiger partial charge < -0.3 is 23.7 Å². The molecule has 1 aliphatic rings. The van der Waals surface area contributed by atoms with Crippen LogP contribution in [0.2, 0.25) is 0 Å². The number of carbonyl (C=O) groups is 1. The molecule has 0 aliphatic carbocycles. The maximum Gasteiger partial charge on any atom is 0.345 e. The number of ether oxygens (including phenoxy) is 5. The number of rotatable bonds is 6. The van der Waals surface area contributed by atoms with Gasteiger partial charge in [0.25, 0.3) is 5.69 Å². The molecule has 0 amide bonds. The summed E-state index contributed by atoms with van der Waals surface area (Å²) in [6.45, 7) is 0.0530. The van der Waals surface area contributed by atoms with Crippen LogP contribution >= 0.6 is 0 Å². The Morgan fingerprint density at radius 1 is 1.12 bits per heavy atom. The third kappa shape index (κ3) is 3.32. The zero-order chi connectivity index (χ0) is 18.7. The monoisotopic (exact) mass is 361 g/mol. The molecule has 0 fully saturated rings. The SMILES string of the molecule is COc1cc(C(=O)OCc2ccc3c(c2)OCO3)c([N+](=O)[O-])cc1OC. The second-order valence-electron chi connectivity index (χ2n) is 5.25. The van der Waals surface area contributed by atoms with Crippen LogP contribution in [0.1, 0.15) is 15.9 Å². The predicted molar refractivity (Wildman–Crippen MR) is 87.9 cm³/mol. The van der Waals surface area contributed by atoms with E-state index in [9.17, 15) is 14.9 Å². The molecular weight excluding hydrogens is 346 g/mol. The van der Waals surface area contributed by atoms with E-state index in [-0.39, 0.29) is 30.5 Å². The van der Waals surface area contributed by atoms with Gasteiger partial charge in [0.1, 0.15) is 12.2 Å². The molecule has 3 rings (SSSR count). The maximum atomic E-state index is 12.4. The predicted octanol–water partition coefficient (Wildman–Crippen LogP) is 2.70. The third-order valence-electron chi connectivity index (χ3n) is 3.73. The van der Waals surface area contributed by atoms with Gasteiger partial charge >= 0.3 is 5.97 Å². The first-order valence-electron chi connectivity index (χ1n) is 7.49. The van der Waals surface area contributed by atoms with Crippen molar-refractivity contribution in [3.8, 4) is 23.0 Å². The summed E-state index contributed by atoms with van der Waals surface area (Å²) in [6, 6.07) is 7.43. The van der Waals surface area contributed by atoms with Crippen LogP contribution in [0.25, 0.3) is 0 Å². The number of hydrogen-bond donors (Lipinski definition) is 0. The minimum Gasteiger partial charge on any atom is -0.493 e. The molecule has 9 nitrogen and oxygen atoms in total. The molecule has 0 unspecified atom stereocenters. The van der Waals surface area contributed by atoms with Crippen molar-refractivity contribution in [2.45, 2.75) is 6.61 Å². The zero-order valence-corrected chi connectivity index (χ0v) is 14.0. The second kappa shape index (κ2) is 7.18. The quantitative estimate of drug-likeness (QED) is 0.439. The van der Waals surface area contributed by atoms with Crippen molar-refractivity contribution in [3.63, 3.8) is 0 Å². The standard InChI is InChI=1S/C17H15NO8/c1-22-14-6-11(12(18(20)21)7-15(14)23-2)17(19)24-8-10-3-4-13-16(5-10)26-9-25-13/h3-7H,8-9H2,1-2H3. The number of nitrogens with zero attached hydrogens (tertiary/aromatic N) is 1. The fourth-order valence-corrected chi connectivity index (χ4v) is 2.44. The average Bonchev–Trinajstić information content (AvgIpc) is 3.12. The van der Waals surface area contributed by atoms with Gasteiger partial charge in [0.2, 0.25) is 6.79 Å². The Hall–Kier alpha value is -3.49. The molecule has 0 atom stereocenters. The highest BCUT2D eigenvalue weighted by Crippen LogP contribution is 2.35. The largest absolute Gasteiger partial charge is 0.493 e. The van der Waals surface area contributed by atoms with Gasteiger partial charge in [-0.3, -0.25) is 10.1 Å². The summed E-state index contributed by atoms with van der Waals surface area (Å²) >= 11 is 0. The van der Waals surface area contributed by atoms with Crippen LogP contribution < -0.4 is 18.9 Å². The van der Waals surface area contributed by atoms with Gasteiger partial charge in [0.05, 0.1) is 25.2 Å². The number of nitro benzene ring substituents is 1. The first kappa shape index (κ1) is 17.3. The molecule has 0 aromatic heterocycles. The number of esters is 1. The molecule has 0 spiro atoms. The molecule has 1 aliphatic heterocycles. The van der Waals surface area contributed by atoms with Gasteiger partial charge in [0.15, 0.2) is 23.0 Å². The normalized spacial score (nSPS) is 11.8. The summed E-state index contributed by atoms with van der Waals surface area (Å²) in [6.07, 6.45) is 0. The lowest BCUT2D eigenvalue weighted by Gasteiger charge is -2.10. The summed E-state index contributed by atoms with van der Waals surface area (Å²) in [4.78, 5) is 23.0. The number of fused-ring (bicyclic) bond motifs is 1. The fraction of sp³-hybridized carbons (Fsp3) is 0.235. The Kier molecular flexibility index (Phi) is 4.78. The maximum absolute atomic E-state index is 12.4. The number of nitro groups is 1. The average molecular weight is 361 g/mol. The third-order valence-corrected chi connectivity index (χ3v) is 3.73. The van der Waals surface area contributed by atoms with E-state index in [4.69, 9.17) is 23.7 Å². The highest BCUT2D eigenvalue weighted by atomic mass is 16.7. The molecule has 0 radical (unpaired) electrons. The van der Waals surface area contributed by atoms with Crippen LogP contribution in [-0.2, 0) is 11.3 Å². The van der Waals surface area contributed by atoms with Crippen molar-refractivity contribution < 1.29 is 33.4 Å². The van der Waals surface area contributed by atoms with E-state index in [2.05, 4.69) is 0 Å². The lowest BCUT2D eigenvalue weighted by Crippen LogP contribution is -2.09. The Morgan fingerprint density at radius 3 is 2.50 bits per heavy atom. The summed E-state index contributed by atoms with van der Waals surface area (Å²) in [5.41, 5.74) is -0.00235. The highest BCUT2D eigenvalue weighted by molar-refractivity contribution is 5.95. The number of carbonyl (C=O) groups excluding carboxylic acids is 1. The van der Waals surface area contributed by atoms with Crippen LogP contribution in [0.5, 0.6) is 23.0 Å². The Bertz CT molecular complexity index is 864. The lowest BCUT2D eigenvalue weighted by molar-refractivity contribution is -0.385. The van der Waals surface area contributed by atoms with Crippen LogP contribution in [0.4, 0.5) is 5.69 Å². The van der Waals surface area contributed by atoms with E-state index < -0.39 is 16.6 Å². The Morgan fingerprint density at radius 2 is 1.81 bits per heavy atom. The highest BCUT2D eigenvalue weighted by Gasteiger charge is 2.26. The van der Waals surface area contributed by atoms with Crippen molar-refractivity contribution in [1.82, 2.24) is 0 Å². The summed E-state index contributed by atoms with van der Waals surface area (Å²) in [5, 5.41) is 11.3. The number of benzene rings is 2. The minimum atomic E-state index is -0.852. The van der Waals surface area contributed by atoms with E-state index in [1.807, 2.05) is 0 Å². The van der Waals surface area contributed by atoms with E-state index in [1.54, 1.807) is 18.2 Å². The molecule has 2 aromatic carbocycles. The van der Waals surface area contributed by atoms with E-state index in [0.717, 1.165) is 6.07 Å². The number of methoxy groups -OCH3 is 2. The van der Waals surface area contributed by atoms with Crippen LogP contribution in [0, 0.1) is 10.1 Å². The lowest BCUT2D eigenvalue weighted by atomic mass is 10.1. The first-order chi connectivity index (χ1) is 12.5. The van der Waals surface area contributed by atoms with Gasteiger partial charge in [0, 0.05) is 6.07 Å². The van der Waals surface area contributed by atoms with Gasteiger partial charge in [-0.15, -0.1) is 0 Å². The van der Waals surface area contributed by atoms with Crippen molar-refractivity contribution in [2.24, 2.45) is 0 Å². The van der Waals surface area contributed by atoms with E-state index >= 15 is 0 Å². The van der Waals surface area contributed by atoms with Gasteiger partial charge in [-0.2, -0.15) is 0 Å². The Balaban J connectivity index is 1.81. The van der Waals surface area contributed by atoms with Crippen molar-refractivity contribution in [1.29, 1.82) is 0 Å². The van der Waals surface area contributed by atoms with Crippen LogP contribution in [0.3, 0.4) is 0 Å². The second-order valence-corrected chi connectivity index (χ2v) is 5.25. The van der Waals surface area contributed by atoms with E-state index in [0.29, 0.717) is 17.1 Å². The molecule has 0 N–H and O–H groups in total. The number of hydrogen-bond acceptors (Lipinski definition) is 8. The van der Waals surface area contributed by atoms with Gasteiger partial charge in [-0.25, -0.2) is 4.79 Å². The topological polar surface area (TPSA) is 106 Å². The first-order valence-corrected chi connectivity index (χ1v) is 7.49. The van der Waals surface area contributed by atoms with Gasteiger partial charge in [-0.1, -0.05) is 6.07 Å². The summed E-state index contributed by atoms with van der Waals surface area (Å²) < 4.78 is 25.8. The van der Waals surface area contributed by atoms with Crippen LogP contribution in [-0.4, -0.2) is 31.9 Å². The molecule has 0 saturated heterocycles. The molecule has 0 bridgehead atoms. The molecular formula is C17H15NO8. The molecule has 9 heteroatoms. The molecule has 136 valence electrons.